The molecule has 0 saturated carbocycles. The van der Waals surface area contributed by atoms with E-state index in [1.54, 1.807) is 0 Å². The Labute approximate surface area is 169 Å². The molecule has 0 aliphatic heterocycles. The molecule has 0 spiro atoms. The number of ether oxygens (including phenoxy) is 1. The zero-order valence-corrected chi connectivity index (χ0v) is 16.7. The van der Waals surface area contributed by atoms with Crippen molar-refractivity contribution in [3.05, 3.63) is 40.1 Å². The van der Waals surface area contributed by atoms with E-state index in [0.29, 0.717) is 16.5 Å². The Bertz CT molecular complexity index is 1120. The number of aryl methyl sites for hydroxylation is 1. The lowest BCUT2D eigenvalue weighted by molar-refractivity contribution is 0.137. The quantitative estimate of drug-likeness (QED) is 0.559. The number of rotatable bonds is 7. The number of aromatic amines is 1. The van der Waals surface area contributed by atoms with Crippen LogP contribution in [0.2, 0.25) is 10.0 Å². The van der Waals surface area contributed by atoms with E-state index in [1.807, 2.05) is 0 Å². The van der Waals surface area contributed by atoms with Gasteiger partial charge in [-0.25, -0.2) is 26.9 Å². The van der Waals surface area contributed by atoms with Crippen molar-refractivity contribution in [2.45, 2.75) is 24.2 Å². The summed E-state index contributed by atoms with van der Waals surface area (Å²) in [6, 6.07) is 3.00. The van der Waals surface area contributed by atoms with Crippen LogP contribution in [0, 0.1) is 0 Å². The van der Waals surface area contributed by atoms with Gasteiger partial charge < -0.3 is 9.72 Å². The van der Waals surface area contributed by atoms with Crippen LogP contribution in [-0.4, -0.2) is 36.9 Å². The SMILES string of the molecule is COc1nc(NS(=O)(=O)c2c[nH]c3c(Cl)c(Cl)ccc23)ncc1CCC(F)F. The fraction of sp³-hybridized carbons (Fsp3) is 0.250. The van der Waals surface area contributed by atoms with Crippen LogP contribution in [-0.2, 0) is 16.4 Å². The number of methoxy groups -OCH3 is 1. The number of H-pyrrole nitrogens is 1. The fourth-order valence-corrected chi connectivity index (χ4v) is 4.06. The van der Waals surface area contributed by atoms with Crippen LogP contribution >= 0.6 is 23.2 Å². The molecule has 0 unspecified atom stereocenters. The second-order valence-electron chi connectivity index (χ2n) is 5.70. The molecule has 2 heterocycles. The van der Waals surface area contributed by atoms with Crippen LogP contribution in [0.5, 0.6) is 5.88 Å². The third-order valence-corrected chi connectivity index (χ3v) is 6.05. The van der Waals surface area contributed by atoms with Gasteiger partial charge in [0.15, 0.2) is 0 Å². The van der Waals surface area contributed by atoms with E-state index >= 15 is 0 Å². The highest BCUT2D eigenvalue weighted by atomic mass is 35.5. The van der Waals surface area contributed by atoms with Crippen LogP contribution < -0.4 is 9.46 Å². The molecule has 12 heteroatoms. The Morgan fingerprint density at radius 2 is 2.07 bits per heavy atom. The van der Waals surface area contributed by atoms with Gasteiger partial charge in [-0.3, -0.25) is 0 Å². The number of fused-ring (bicyclic) bond motifs is 1. The molecule has 0 bridgehead atoms. The Kier molecular flexibility index (Phi) is 5.92. The minimum Gasteiger partial charge on any atom is -0.481 e. The third kappa shape index (κ3) is 4.13. The monoisotopic (exact) mass is 450 g/mol. The molecule has 28 heavy (non-hydrogen) atoms. The van der Waals surface area contributed by atoms with E-state index in [2.05, 4.69) is 19.7 Å². The molecule has 2 N–H and O–H groups in total. The molecular weight excluding hydrogens is 437 g/mol. The van der Waals surface area contributed by atoms with Crippen LogP contribution in [0.15, 0.2) is 29.4 Å². The van der Waals surface area contributed by atoms with Crippen LogP contribution in [0.3, 0.4) is 0 Å². The summed E-state index contributed by atoms with van der Waals surface area (Å²) in [6.07, 6.45) is -0.356. The average molecular weight is 451 g/mol. The summed E-state index contributed by atoms with van der Waals surface area (Å²) in [7, 11) is -2.77. The first-order valence-corrected chi connectivity index (χ1v) is 10.1. The number of hydrogen-bond donors (Lipinski definition) is 2. The second kappa shape index (κ2) is 8.06. The van der Waals surface area contributed by atoms with Crippen molar-refractivity contribution in [1.29, 1.82) is 0 Å². The van der Waals surface area contributed by atoms with Gasteiger partial charge in [-0.1, -0.05) is 23.2 Å². The predicted molar refractivity (Wildman–Crippen MR) is 102 cm³/mol. The van der Waals surface area contributed by atoms with Crippen LogP contribution in [0.25, 0.3) is 10.9 Å². The molecule has 3 rings (SSSR count). The summed E-state index contributed by atoms with van der Waals surface area (Å²) in [5.74, 6) is -0.242. The number of benzene rings is 1. The van der Waals surface area contributed by atoms with Crippen molar-refractivity contribution in [3.63, 3.8) is 0 Å². The highest BCUT2D eigenvalue weighted by molar-refractivity contribution is 7.93. The molecule has 7 nitrogen and oxygen atoms in total. The molecule has 0 radical (unpaired) electrons. The van der Waals surface area contributed by atoms with Crippen molar-refractivity contribution in [2.24, 2.45) is 0 Å². The molecule has 2 aromatic heterocycles. The lowest BCUT2D eigenvalue weighted by Crippen LogP contribution is -2.15. The van der Waals surface area contributed by atoms with E-state index in [0.717, 1.165) is 0 Å². The van der Waals surface area contributed by atoms with Crippen LogP contribution in [0.4, 0.5) is 14.7 Å². The van der Waals surface area contributed by atoms with E-state index in [9.17, 15) is 17.2 Å². The number of sulfonamides is 1. The highest BCUT2D eigenvalue weighted by Gasteiger charge is 2.22. The number of nitrogens with zero attached hydrogens (tertiary/aromatic N) is 2. The number of hydrogen-bond acceptors (Lipinski definition) is 5. The highest BCUT2D eigenvalue weighted by Crippen LogP contribution is 2.34. The Balaban J connectivity index is 1.91. The standard InChI is InChI=1S/C16H14Cl2F2N4O3S/c1-27-15-8(2-5-12(19)20)6-22-16(23-15)24-28(25,26)11-7-21-14-9(11)3-4-10(17)13(14)18/h3-4,6-7,12,21H,2,5H2,1H3,(H,22,23,24). The summed E-state index contributed by atoms with van der Waals surface area (Å²) < 4.78 is 57.6. The summed E-state index contributed by atoms with van der Waals surface area (Å²) in [5, 5.41) is 0.810. The first-order valence-electron chi connectivity index (χ1n) is 7.89. The predicted octanol–water partition coefficient (Wildman–Crippen LogP) is 4.27. The summed E-state index contributed by atoms with van der Waals surface area (Å²) in [5.41, 5.74) is 0.717. The summed E-state index contributed by atoms with van der Waals surface area (Å²) in [6.45, 7) is 0. The Morgan fingerprint density at radius 3 is 2.75 bits per heavy atom. The largest absolute Gasteiger partial charge is 0.481 e. The zero-order valence-electron chi connectivity index (χ0n) is 14.3. The Morgan fingerprint density at radius 1 is 1.32 bits per heavy atom. The number of halogens is 4. The van der Waals surface area contributed by atoms with Crippen molar-refractivity contribution in [3.8, 4) is 5.88 Å². The van der Waals surface area contributed by atoms with Crippen LogP contribution in [0.1, 0.15) is 12.0 Å². The number of alkyl halides is 2. The molecule has 0 saturated heterocycles. The van der Waals surface area contributed by atoms with Gasteiger partial charge in [0.2, 0.25) is 18.3 Å². The first-order chi connectivity index (χ1) is 13.2. The first kappa shape index (κ1) is 20.6. The third-order valence-electron chi connectivity index (χ3n) is 3.87. The maximum Gasteiger partial charge on any atom is 0.266 e. The van der Waals surface area contributed by atoms with E-state index in [1.165, 1.54) is 31.6 Å². The Hall–Kier alpha value is -2.17. The fourth-order valence-electron chi connectivity index (χ4n) is 2.56. The zero-order chi connectivity index (χ0) is 20.5. The summed E-state index contributed by atoms with van der Waals surface area (Å²) >= 11 is 12.0. The number of aromatic nitrogens is 3. The van der Waals surface area contributed by atoms with Gasteiger partial charge in [0.25, 0.3) is 10.0 Å². The molecule has 0 atom stereocenters. The topological polar surface area (TPSA) is 97.0 Å². The van der Waals surface area contributed by atoms with Crippen molar-refractivity contribution < 1.29 is 21.9 Å². The lowest BCUT2D eigenvalue weighted by Gasteiger charge is -2.10. The van der Waals surface area contributed by atoms with Crippen molar-refractivity contribution in [1.82, 2.24) is 15.0 Å². The summed E-state index contributed by atoms with van der Waals surface area (Å²) in [4.78, 5) is 10.5. The molecule has 1 aromatic carbocycles. The van der Waals surface area contributed by atoms with E-state index < -0.39 is 16.4 Å². The van der Waals surface area contributed by atoms with Crippen molar-refractivity contribution in [2.75, 3.05) is 11.8 Å². The van der Waals surface area contributed by atoms with Gasteiger partial charge in [-0.15, -0.1) is 0 Å². The van der Waals surface area contributed by atoms with Gasteiger partial charge in [0, 0.05) is 29.8 Å². The van der Waals surface area contributed by atoms with Gasteiger partial charge in [-0.2, -0.15) is 4.98 Å². The molecule has 0 aliphatic rings. The second-order valence-corrected chi connectivity index (χ2v) is 8.14. The van der Waals surface area contributed by atoms with Gasteiger partial charge in [-0.05, 0) is 18.6 Å². The maximum atomic E-state index is 12.7. The van der Waals surface area contributed by atoms with Crippen molar-refractivity contribution >= 4 is 50.1 Å². The molecule has 150 valence electrons. The molecule has 0 aliphatic carbocycles. The number of nitrogens with one attached hydrogen (secondary N) is 2. The average Bonchev–Trinajstić information content (AvgIpc) is 3.09. The minimum atomic E-state index is -4.07. The van der Waals surface area contributed by atoms with Gasteiger partial charge in [0.05, 0.1) is 22.7 Å². The molecule has 0 fully saturated rings. The number of anilines is 1. The maximum absolute atomic E-state index is 12.7. The normalized spacial score (nSPS) is 11.9. The van der Waals surface area contributed by atoms with Gasteiger partial charge >= 0.3 is 0 Å². The van der Waals surface area contributed by atoms with E-state index in [4.69, 9.17) is 27.9 Å². The molecule has 0 amide bonds. The minimum absolute atomic E-state index is 0.00439. The molecule has 3 aromatic rings. The van der Waals surface area contributed by atoms with E-state index in [-0.39, 0.29) is 39.6 Å². The van der Waals surface area contributed by atoms with Gasteiger partial charge in [0.1, 0.15) is 4.90 Å². The molecular formula is C16H14Cl2F2N4O3S. The lowest BCUT2D eigenvalue weighted by atomic mass is 10.2. The smallest absolute Gasteiger partial charge is 0.266 e.